The number of aryl methyl sites for hydroxylation is 1. The largest absolute Gasteiger partial charge is 0.332 e. The second-order valence-corrected chi connectivity index (χ2v) is 10.1. The second-order valence-electron chi connectivity index (χ2n) is 8.76. The Morgan fingerprint density at radius 1 is 1.03 bits per heavy atom. The highest BCUT2D eigenvalue weighted by Crippen LogP contribution is 2.19. The molecule has 1 N–H and O–H groups in total. The SMILES string of the molecule is CC[C@H](C)CN(CC(=O)N(Cc1ccccc1)Cc1ccc(C)s1)C(=O)Nc1cccc(C#N)c1. The molecule has 0 spiro atoms. The lowest BCUT2D eigenvalue weighted by Gasteiger charge is -2.29. The van der Waals surface area contributed by atoms with Gasteiger partial charge in [-0.1, -0.05) is 56.7 Å². The Bertz CT molecular complexity index is 1170. The van der Waals surface area contributed by atoms with E-state index >= 15 is 0 Å². The summed E-state index contributed by atoms with van der Waals surface area (Å²) in [6.07, 6.45) is 0.893. The normalized spacial score (nSPS) is 11.4. The van der Waals surface area contributed by atoms with Gasteiger partial charge < -0.3 is 15.1 Å². The summed E-state index contributed by atoms with van der Waals surface area (Å²) in [6.45, 7) is 7.59. The molecular formula is C28H32N4O2S. The van der Waals surface area contributed by atoms with Crippen LogP contribution in [0.1, 0.15) is 41.1 Å². The lowest BCUT2D eigenvalue weighted by atomic mass is 10.1. The molecule has 0 saturated heterocycles. The molecular weight excluding hydrogens is 456 g/mol. The lowest BCUT2D eigenvalue weighted by Crippen LogP contribution is -2.45. The van der Waals surface area contributed by atoms with Crippen LogP contribution < -0.4 is 5.32 Å². The highest BCUT2D eigenvalue weighted by molar-refractivity contribution is 7.11. The van der Waals surface area contributed by atoms with Crippen molar-refractivity contribution >= 4 is 29.0 Å². The van der Waals surface area contributed by atoms with Gasteiger partial charge >= 0.3 is 6.03 Å². The Hall–Kier alpha value is -3.63. The van der Waals surface area contributed by atoms with Crippen molar-refractivity contribution in [2.24, 2.45) is 5.92 Å². The van der Waals surface area contributed by atoms with Crippen molar-refractivity contribution in [3.63, 3.8) is 0 Å². The third kappa shape index (κ3) is 7.97. The molecule has 0 aliphatic heterocycles. The fraction of sp³-hybridized carbons (Fsp3) is 0.321. The van der Waals surface area contributed by atoms with Crippen LogP contribution in [0.15, 0.2) is 66.7 Å². The minimum atomic E-state index is -0.347. The highest BCUT2D eigenvalue weighted by Gasteiger charge is 2.23. The topological polar surface area (TPSA) is 76.4 Å². The number of carbonyl (C=O) groups excluding carboxylic acids is 2. The van der Waals surface area contributed by atoms with E-state index in [9.17, 15) is 9.59 Å². The van der Waals surface area contributed by atoms with Gasteiger partial charge in [-0.2, -0.15) is 5.26 Å². The van der Waals surface area contributed by atoms with E-state index < -0.39 is 0 Å². The van der Waals surface area contributed by atoms with Crippen molar-refractivity contribution in [2.45, 2.75) is 40.3 Å². The summed E-state index contributed by atoms with van der Waals surface area (Å²) in [4.78, 5) is 32.5. The van der Waals surface area contributed by atoms with E-state index in [0.29, 0.717) is 30.9 Å². The Morgan fingerprint density at radius 3 is 2.46 bits per heavy atom. The minimum absolute atomic E-state index is 0.0225. The molecule has 3 amide bonds. The van der Waals surface area contributed by atoms with E-state index in [0.717, 1.165) is 16.9 Å². The summed E-state index contributed by atoms with van der Waals surface area (Å²) in [6, 6.07) is 22.5. The summed E-state index contributed by atoms with van der Waals surface area (Å²) in [5.41, 5.74) is 2.04. The molecule has 2 aromatic carbocycles. The fourth-order valence-electron chi connectivity index (χ4n) is 3.65. The van der Waals surface area contributed by atoms with E-state index in [2.05, 4.69) is 44.3 Å². The van der Waals surface area contributed by atoms with Gasteiger partial charge in [0.25, 0.3) is 0 Å². The van der Waals surface area contributed by atoms with E-state index in [-0.39, 0.29) is 24.4 Å². The second kappa shape index (κ2) is 12.7. The van der Waals surface area contributed by atoms with Crippen LogP contribution in [0.5, 0.6) is 0 Å². The van der Waals surface area contributed by atoms with E-state index in [1.165, 1.54) is 4.88 Å². The van der Waals surface area contributed by atoms with Gasteiger partial charge in [-0.15, -0.1) is 11.3 Å². The zero-order valence-corrected chi connectivity index (χ0v) is 21.3. The molecule has 3 aromatic rings. The van der Waals surface area contributed by atoms with Gasteiger partial charge in [-0.25, -0.2) is 4.79 Å². The summed E-state index contributed by atoms with van der Waals surface area (Å²) in [7, 11) is 0. The molecule has 6 nitrogen and oxygen atoms in total. The van der Waals surface area contributed by atoms with E-state index in [4.69, 9.17) is 5.26 Å². The van der Waals surface area contributed by atoms with Gasteiger partial charge in [0.15, 0.2) is 0 Å². The third-order valence-electron chi connectivity index (χ3n) is 5.80. The number of hydrogen-bond donors (Lipinski definition) is 1. The molecule has 0 aliphatic carbocycles. The molecule has 0 bridgehead atoms. The number of carbonyl (C=O) groups is 2. The molecule has 0 saturated carbocycles. The smallest absolute Gasteiger partial charge is 0.322 e. The Labute approximate surface area is 211 Å². The number of amides is 3. The first kappa shape index (κ1) is 26.0. The van der Waals surface area contributed by atoms with Gasteiger partial charge in [-0.3, -0.25) is 4.79 Å². The average molecular weight is 489 g/mol. The van der Waals surface area contributed by atoms with Crippen LogP contribution in [0.3, 0.4) is 0 Å². The van der Waals surface area contributed by atoms with Crippen molar-refractivity contribution in [1.29, 1.82) is 5.26 Å². The number of hydrogen-bond acceptors (Lipinski definition) is 4. The molecule has 0 aliphatic rings. The van der Waals surface area contributed by atoms with Crippen LogP contribution in [-0.4, -0.2) is 34.8 Å². The van der Waals surface area contributed by atoms with Gasteiger partial charge in [0, 0.05) is 28.5 Å². The summed E-state index contributed by atoms with van der Waals surface area (Å²) in [5.74, 6) is 0.130. The fourth-order valence-corrected chi connectivity index (χ4v) is 4.56. The maximum Gasteiger partial charge on any atom is 0.322 e. The molecule has 1 aromatic heterocycles. The zero-order chi connectivity index (χ0) is 25.2. The molecule has 35 heavy (non-hydrogen) atoms. The van der Waals surface area contributed by atoms with Crippen molar-refractivity contribution in [2.75, 3.05) is 18.4 Å². The first-order valence-electron chi connectivity index (χ1n) is 11.8. The van der Waals surface area contributed by atoms with Crippen LogP contribution in [-0.2, 0) is 17.9 Å². The van der Waals surface area contributed by atoms with Crippen LogP contribution in [0.25, 0.3) is 0 Å². The van der Waals surface area contributed by atoms with Crippen LogP contribution in [0.4, 0.5) is 10.5 Å². The number of nitrogens with zero attached hydrogens (tertiary/aromatic N) is 3. The van der Waals surface area contributed by atoms with Crippen molar-refractivity contribution < 1.29 is 9.59 Å². The number of rotatable bonds is 10. The third-order valence-corrected chi connectivity index (χ3v) is 6.78. The molecule has 0 unspecified atom stereocenters. The quantitative estimate of drug-likeness (QED) is 0.378. The number of nitriles is 1. The maximum atomic E-state index is 13.6. The molecule has 3 rings (SSSR count). The van der Waals surface area contributed by atoms with E-state index in [1.807, 2.05) is 35.2 Å². The first-order valence-corrected chi connectivity index (χ1v) is 12.6. The Balaban J connectivity index is 1.79. The molecule has 1 heterocycles. The predicted octanol–water partition coefficient (Wildman–Crippen LogP) is 6.04. The number of urea groups is 1. The zero-order valence-electron chi connectivity index (χ0n) is 20.5. The molecule has 0 radical (unpaired) electrons. The standard InChI is InChI=1S/C28H32N4O2S/c1-4-21(2)17-32(28(34)30-25-12-8-11-24(15-25)16-29)20-27(33)31(18-23-9-6-5-7-10-23)19-26-14-13-22(3)35-26/h5-15,21H,4,17-20H2,1-3H3,(H,30,34)/t21-/m0/s1. The first-order chi connectivity index (χ1) is 16.9. The number of nitrogens with one attached hydrogen (secondary N) is 1. The maximum absolute atomic E-state index is 13.6. The van der Waals surface area contributed by atoms with Crippen LogP contribution >= 0.6 is 11.3 Å². The van der Waals surface area contributed by atoms with Crippen molar-refractivity contribution in [3.05, 3.63) is 87.6 Å². The molecule has 0 fully saturated rings. The molecule has 1 atom stereocenters. The lowest BCUT2D eigenvalue weighted by molar-refractivity contribution is -0.133. The van der Waals surface area contributed by atoms with Gasteiger partial charge in [0.05, 0.1) is 18.2 Å². The molecule has 182 valence electrons. The highest BCUT2D eigenvalue weighted by atomic mass is 32.1. The average Bonchev–Trinajstić information content (AvgIpc) is 3.28. The minimum Gasteiger partial charge on any atom is -0.332 e. The Morgan fingerprint density at radius 2 is 1.80 bits per heavy atom. The number of anilines is 1. The van der Waals surface area contributed by atoms with Crippen LogP contribution in [0, 0.1) is 24.2 Å². The summed E-state index contributed by atoms with van der Waals surface area (Å²) in [5, 5.41) is 12.0. The predicted molar refractivity (Wildman–Crippen MR) is 141 cm³/mol. The van der Waals surface area contributed by atoms with E-state index in [1.54, 1.807) is 40.5 Å². The molecule has 7 heteroatoms. The summed E-state index contributed by atoms with van der Waals surface area (Å²) < 4.78 is 0. The monoisotopic (exact) mass is 488 g/mol. The number of thiophene rings is 1. The Kier molecular flexibility index (Phi) is 9.45. The summed E-state index contributed by atoms with van der Waals surface area (Å²) >= 11 is 1.68. The number of benzene rings is 2. The van der Waals surface area contributed by atoms with Gasteiger partial charge in [0.1, 0.15) is 6.54 Å². The van der Waals surface area contributed by atoms with Gasteiger partial charge in [-0.05, 0) is 48.7 Å². The van der Waals surface area contributed by atoms with Crippen molar-refractivity contribution in [3.8, 4) is 6.07 Å². The van der Waals surface area contributed by atoms with Gasteiger partial charge in [0.2, 0.25) is 5.91 Å². The van der Waals surface area contributed by atoms with Crippen LogP contribution in [0.2, 0.25) is 0 Å². The van der Waals surface area contributed by atoms with Crippen molar-refractivity contribution in [1.82, 2.24) is 9.80 Å².